The van der Waals surface area contributed by atoms with E-state index >= 15 is 0 Å². The summed E-state index contributed by atoms with van der Waals surface area (Å²) in [5.74, 6) is 0. The van der Waals surface area contributed by atoms with Crippen molar-refractivity contribution < 1.29 is 8.83 Å². The Hall–Kier alpha value is -7.34. The van der Waals surface area contributed by atoms with Gasteiger partial charge in [0.1, 0.15) is 11.2 Å². The smallest absolute Gasteiger partial charge is 0.159 e. The zero-order valence-corrected chi connectivity index (χ0v) is 35.1. The third-order valence-corrected chi connectivity index (χ3v) is 13.3. The third kappa shape index (κ3) is 5.51. The van der Waals surface area contributed by atoms with Crippen LogP contribution in [0.15, 0.2) is 179 Å². The summed E-state index contributed by atoms with van der Waals surface area (Å²) in [5, 5.41) is 9.06. The van der Waals surface area contributed by atoms with Crippen molar-refractivity contribution in [2.24, 2.45) is 0 Å². The van der Waals surface area contributed by atoms with Crippen molar-refractivity contribution in [2.75, 3.05) is 9.80 Å². The summed E-state index contributed by atoms with van der Waals surface area (Å²) >= 11 is 1.85. The van der Waals surface area contributed by atoms with Crippen LogP contribution < -0.4 is 9.80 Å². The second kappa shape index (κ2) is 13.6. The van der Waals surface area contributed by atoms with Gasteiger partial charge in [0, 0.05) is 59.2 Å². The highest BCUT2D eigenvalue weighted by atomic mass is 32.1. The summed E-state index contributed by atoms with van der Waals surface area (Å²) < 4.78 is 16.1. The second-order valence-corrected chi connectivity index (χ2v) is 17.5. The molecule has 4 nitrogen and oxygen atoms in total. The van der Waals surface area contributed by atoms with Crippen molar-refractivity contribution >= 4 is 120 Å². The van der Waals surface area contributed by atoms with Gasteiger partial charge in [0.05, 0.1) is 27.4 Å². The van der Waals surface area contributed by atoms with Gasteiger partial charge in [0.15, 0.2) is 11.2 Å². The monoisotopic (exact) mass is 804 g/mol. The van der Waals surface area contributed by atoms with Crippen LogP contribution in [0.25, 0.3) is 74.8 Å². The summed E-state index contributed by atoms with van der Waals surface area (Å²) in [7, 11) is 0. The fourth-order valence-electron chi connectivity index (χ4n) is 9.81. The van der Waals surface area contributed by atoms with Crippen LogP contribution in [0.4, 0.5) is 34.1 Å². The van der Waals surface area contributed by atoms with E-state index in [-0.39, 0.29) is 0 Å². The van der Waals surface area contributed by atoms with Crippen LogP contribution in [-0.4, -0.2) is 0 Å². The molecule has 0 radical (unpaired) electrons. The SMILES string of the molecule is Cc1cc(C)cc(N(c2cccc3c2oc2ccccc23)c2c3ccccc3c(N(c3cc(C)cc(C)c3)c3cccc4c3oc3ccccc34)c3c2sc2ccccc23)c1. The highest BCUT2D eigenvalue weighted by Crippen LogP contribution is 2.57. The number of thiophene rings is 1. The minimum absolute atomic E-state index is 0.858. The topological polar surface area (TPSA) is 32.8 Å². The summed E-state index contributed by atoms with van der Waals surface area (Å²) in [6.07, 6.45) is 0. The Labute approximate surface area is 357 Å². The first kappa shape index (κ1) is 35.6. The predicted octanol–water partition coefficient (Wildman–Crippen LogP) is 17.2. The first-order chi connectivity index (χ1) is 29.9. The lowest BCUT2D eigenvalue weighted by Gasteiger charge is -2.32. The van der Waals surface area contributed by atoms with E-state index in [0.717, 1.165) is 88.8 Å². The largest absolute Gasteiger partial charge is 0.454 e. The summed E-state index contributed by atoms with van der Waals surface area (Å²) in [4.78, 5) is 4.94. The molecule has 0 fully saturated rings. The van der Waals surface area contributed by atoms with Gasteiger partial charge in [-0.2, -0.15) is 0 Å². The molecule has 3 aromatic heterocycles. The zero-order valence-electron chi connectivity index (χ0n) is 34.3. The molecule has 5 heteroatoms. The Bertz CT molecular complexity index is 3700. The lowest BCUT2D eigenvalue weighted by Crippen LogP contribution is -2.15. The number of fused-ring (bicyclic) bond motifs is 10. The maximum absolute atomic E-state index is 6.87. The molecule has 0 atom stereocenters. The predicted molar refractivity (Wildman–Crippen MR) is 260 cm³/mol. The van der Waals surface area contributed by atoms with Gasteiger partial charge >= 0.3 is 0 Å². The molecule has 0 N–H and O–H groups in total. The minimum atomic E-state index is 0.858. The first-order valence-corrected chi connectivity index (χ1v) is 21.6. The van der Waals surface area contributed by atoms with E-state index in [9.17, 15) is 0 Å². The van der Waals surface area contributed by atoms with Gasteiger partial charge < -0.3 is 18.6 Å². The van der Waals surface area contributed by atoms with Gasteiger partial charge in [-0.15, -0.1) is 11.3 Å². The van der Waals surface area contributed by atoms with Gasteiger partial charge in [-0.3, -0.25) is 0 Å². The Morgan fingerprint density at radius 1 is 0.377 bits per heavy atom. The number of hydrogen-bond donors (Lipinski definition) is 0. The minimum Gasteiger partial charge on any atom is -0.454 e. The molecule has 0 spiro atoms. The molecular weight excluding hydrogens is 765 g/mol. The van der Waals surface area contributed by atoms with Gasteiger partial charge in [-0.1, -0.05) is 115 Å². The molecule has 3 heterocycles. The van der Waals surface area contributed by atoms with Crippen LogP contribution >= 0.6 is 11.3 Å². The van der Waals surface area contributed by atoms with Crippen molar-refractivity contribution in [3.8, 4) is 0 Å². The quantitative estimate of drug-likeness (QED) is 0.157. The average Bonchev–Trinajstić information content (AvgIpc) is 3.96. The van der Waals surface area contributed by atoms with Crippen LogP contribution in [0.5, 0.6) is 0 Å². The van der Waals surface area contributed by atoms with Crippen molar-refractivity contribution in [1.29, 1.82) is 0 Å². The van der Waals surface area contributed by atoms with E-state index in [2.05, 4.69) is 195 Å². The fourth-order valence-corrected chi connectivity index (χ4v) is 11.1. The molecule has 0 saturated heterocycles. The van der Waals surface area contributed by atoms with E-state index in [1.165, 1.54) is 42.4 Å². The number of para-hydroxylation sites is 4. The van der Waals surface area contributed by atoms with E-state index in [1.54, 1.807) is 0 Å². The summed E-state index contributed by atoms with van der Waals surface area (Å²) in [5.41, 5.74) is 14.7. The molecular formula is C56H40N2O2S. The van der Waals surface area contributed by atoms with Crippen molar-refractivity contribution in [3.63, 3.8) is 0 Å². The van der Waals surface area contributed by atoms with Gasteiger partial charge in [-0.25, -0.2) is 0 Å². The second-order valence-electron chi connectivity index (χ2n) is 16.4. The zero-order chi connectivity index (χ0) is 40.9. The molecule has 12 rings (SSSR count). The van der Waals surface area contributed by atoms with E-state index in [0.29, 0.717) is 0 Å². The molecule has 12 aromatic rings. The van der Waals surface area contributed by atoms with Crippen molar-refractivity contribution in [1.82, 2.24) is 0 Å². The van der Waals surface area contributed by atoms with E-state index in [4.69, 9.17) is 8.83 Å². The van der Waals surface area contributed by atoms with Crippen LogP contribution in [-0.2, 0) is 0 Å². The van der Waals surface area contributed by atoms with Gasteiger partial charge in [0.25, 0.3) is 0 Å². The Morgan fingerprint density at radius 3 is 1.31 bits per heavy atom. The Kier molecular flexibility index (Phi) is 7.93. The van der Waals surface area contributed by atoms with Gasteiger partial charge in [0.2, 0.25) is 0 Å². The molecule has 0 bridgehead atoms. The molecule has 0 amide bonds. The van der Waals surface area contributed by atoms with Crippen molar-refractivity contribution in [3.05, 3.63) is 192 Å². The van der Waals surface area contributed by atoms with Crippen molar-refractivity contribution in [2.45, 2.75) is 27.7 Å². The third-order valence-electron chi connectivity index (χ3n) is 12.1. The van der Waals surface area contributed by atoms with Crippen LogP contribution in [0, 0.1) is 27.7 Å². The molecule has 0 aliphatic carbocycles. The van der Waals surface area contributed by atoms with E-state index in [1.807, 2.05) is 23.5 Å². The number of nitrogens with zero attached hydrogens (tertiary/aromatic N) is 2. The first-order valence-electron chi connectivity index (χ1n) is 20.8. The van der Waals surface area contributed by atoms with Crippen LogP contribution in [0.2, 0.25) is 0 Å². The summed E-state index contributed by atoms with van der Waals surface area (Å²) in [6, 6.07) is 61.4. The lowest BCUT2D eigenvalue weighted by molar-refractivity contribution is 0.668. The molecule has 0 unspecified atom stereocenters. The molecule has 61 heavy (non-hydrogen) atoms. The van der Waals surface area contributed by atoms with E-state index < -0.39 is 0 Å². The lowest BCUT2D eigenvalue weighted by atomic mass is 9.97. The Balaban J connectivity index is 1.27. The molecule has 292 valence electrons. The highest BCUT2D eigenvalue weighted by Gasteiger charge is 2.31. The standard InChI is InChI=1S/C56H40N2O2S/c1-33-27-34(2)30-37(29-33)57(46-22-13-20-43-39-15-7-10-24-48(39)59-54(43)46)52-41-17-5-6-18-42(41)53(56-51(52)45-19-9-12-26-50(45)61-56)58(38-31-35(3)28-36(4)32-38)47-23-14-21-44-40-16-8-11-25-49(40)60-55(44)47/h5-32H,1-4H3. The molecule has 9 aromatic carbocycles. The van der Waals surface area contributed by atoms with Crippen LogP contribution in [0.1, 0.15) is 22.3 Å². The Morgan fingerprint density at radius 2 is 0.787 bits per heavy atom. The van der Waals surface area contributed by atoms with Crippen LogP contribution in [0.3, 0.4) is 0 Å². The van der Waals surface area contributed by atoms with Gasteiger partial charge in [-0.05, 0) is 105 Å². The molecule has 0 aliphatic heterocycles. The number of anilines is 6. The normalized spacial score (nSPS) is 11.9. The number of aryl methyl sites for hydroxylation is 4. The average molecular weight is 805 g/mol. The maximum Gasteiger partial charge on any atom is 0.159 e. The number of hydrogen-bond acceptors (Lipinski definition) is 5. The maximum atomic E-state index is 6.87. The molecule has 0 saturated carbocycles. The fraction of sp³-hybridized carbons (Fsp3) is 0.0714. The number of rotatable bonds is 6. The highest BCUT2D eigenvalue weighted by molar-refractivity contribution is 7.26. The number of furan rings is 2. The number of benzene rings is 9. The molecule has 0 aliphatic rings. The summed E-state index contributed by atoms with van der Waals surface area (Å²) in [6.45, 7) is 8.75.